The molecule has 0 spiro atoms. The molecule has 0 fully saturated rings. The van der Waals surface area contributed by atoms with Crippen molar-refractivity contribution >= 4 is 0 Å². The van der Waals surface area contributed by atoms with Crippen LogP contribution in [0, 0.1) is 24.7 Å². The summed E-state index contributed by atoms with van der Waals surface area (Å²) in [6.07, 6.45) is 16.2. The van der Waals surface area contributed by atoms with E-state index in [9.17, 15) is 0 Å². The fourth-order valence-electron chi connectivity index (χ4n) is 5.01. The summed E-state index contributed by atoms with van der Waals surface area (Å²) < 4.78 is 0. The van der Waals surface area contributed by atoms with Gasteiger partial charge in [0.1, 0.15) is 0 Å². The number of hydrogen-bond donors (Lipinski definition) is 0. The van der Waals surface area contributed by atoms with Crippen molar-refractivity contribution in [2.45, 2.75) is 12.8 Å². The summed E-state index contributed by atoms with van der Waals surface area (Å²) >= 11 is 0. The zero-order chi connectivity index (χ0) is 26.4. The molecule has 2 nitrogen and oxygen atoms in total. The third kappa shape index (κ3) is 8.20. The molecule has 2 aliphatic carbocycles. The fraction of sp³-hybridized carbons (Fsp3) is 0.200. The average Bonchev–Trinajstić information content (AvgIpc) is 3.45. The molecule has 206 valence electrons. The second kappa shape index (κ2) is 15.3. The molecule has 2 radical (unpaired) electrons. The van der Waals surface area contributed by atoms with Crippen molar-refractivity contribution in [1.29, 1.82) is 0 Å². The maximum atomic E-state index is 7.12. The first-order valence-electron chi connectivity index (χ1n) is 12.5. The molecule has 0 aliphatic heterocycles. The summed E-state index contributed by atoms with van der Waals surface area (Å²) in [5.41, 5.74) is 12.4. The molecule has 0 heterocycles. The summed E-state index contributed by atoms with van der Waals surface area (Å²) in [6, 6.07) is 29.2. The molecule has 0 N–H and O–H groups in total. The van der Waals surface area contributed by atoms with Crippen LogP contribution in [0.4, 0.5) is 0 Å². The van der Waals surface area contributed by atoms with Gasteiger partial charge in [-0.3, -0.25) is 21.6 Å². The Morgan fingerprint density at radius 2 is 0.897 bits per heavy atom. The quantitative estimate of drug-likeness (QED) is 0.0855. The van der Waals surface area contributed by atoms with E-state index in [4.69, 9.17) is 12.8 Å². The molecule has 0 unspecified atom stereocenters. The third-order valence-corrected chi connectivity index (χ3v) is 6.44. The Labute approximate surface area is 265 Å². The summed E-state index contributed by atoms with van der Waals surface area (Å²) in [7, 11) is 8.22. The Bertz CT molecular complexity index is 1380. The SMILES string of the molecule is CN(C)CN(C)C.[Au].[Au].[C-]#Cc1ccc2c(c1)Cc1ccccc1-2.[C-]#Cc1ccc2c(c1)Cc1ccccc1-2. The van der Waals surface area contributed by atoms with E-state index in [0.29, 0.717) is 0 Å². The number of nitrogens with zero attached hydrogens (tertiary/aromatic N) is 2. The number of fused-ring (bicyclic) bond motifs is 6. The van der Waals surface area contributed by atoms with Gasteiger partial charge in [-0.2, -0.15) is 0 Å². The van der Waals surface area contributed by atoms with E-state index < -0.39 is 0 Å². The topological polar surface area (TPSA) is 6.48 Å². The standard InChI is InChI=1S/2C15H9.C5H14N2.2Au/c2*1-2-11-7-8-15-13(9-11)10-12-5-3-4-6-14(12)15;1-6(2)5-7(3)4;;/h2*3-9H,10H2;5H2,1-4H3;;/q2*-1;;;. The van der Waals surface area contributed by atoms with Gasteiger partial charge in [0.25, 0.3) is 0 Å². The molecule has 2 aliphatic rings. The van der Waals surface area contributed by atoms with Crippen LogP contribution >= 0.6 is 0 Å². The number of rotatable bonds is 2. The normalized spacial score (nSPS) is 11.0. The molecule has 0 aromatic heterocycles. The summed E-state index contributed by atoms with van der Waals surface area (Å²) in [4.78, 5) is 4.25. The maximum Gasteiger partial charge on any atom is 0.0495 e. The van der Waals surface area contributed by atoms with Crippen molar-refractivity contribution in [3.63, 3.8) is 0 Å². The van der Waals surface area contributed by atoms with Gasteiger partial charge in [0.2, 0.25) is 0 Å². The molecule has 0 saturated carbocycles. The fourth-order valence-corrected chi connectivity index (χ4v) is 5.01. The van der Waals surface area contributed by atoms with Crippen LogP contribution < -0.4 is 0 Å². The van der Waals surface area contributed by atoms with E-state index in [2.05, 4.69) is 123 Å². The second-order valence-electron chi connectivity index (χ2n) is 9.96. The zero-order valence-corrected chi connectivity index (χ0v) is 27.0. The Morgan fingerprint density at radius 1 is 0.538 bits per heavy atom. The predicted octanol–water partition coefficient (Wildman–Crippen LogP) is 6.45. The maximum absolute atomic E-state index is 7.12. The first-order chi connectivity index (χ1) is 17.9. The monoisotopic (exact) mass is 874 g/mol. The Hall–Kier alpha value is -2.60. The van der Waals surface area contributed by atoms with Crippen LogP contribution in [0.3, 0.4) is 0 Å². The molecule has 0 bridgehead atoms. The van der Waals surface area contributed by atoms with Gasteiger partial charge in [0.15, 0.2) is 0 Å². The Morgan fingerprint density at radius 3 is 1.23 bits per heavy atom. The number of hydrogen-bond acceptors (Lipinski definition) is 2. The zero-order valence-electron chi connectivity index (χ0n) is 22.7. The summed E-state index contributed by atoms with van der Waals surface area (Å²) in [5, 5.41) is 0. The third-order valence-electron chi connectivity index (χ3n) is 6.44. The van der Waals surface area contributed by atoms with Gasteiger partial charge < -0.3 is 12.8 Å². The molecule has 4 aromatic rings. The molecular formula is C35H32Au2N2-2. The van der Waals surface area contributed by atoms with Crippen LogP contribution in [0.2, 0.25) is 0 Å². The van der Waals surface area contributed by atoms with Gasteiger partial charge in [-0.15, -0.1) is 35.4 Å². The first kappa shape index (κ1) is 32.6. The smallest absolute Gasteiger partial charge is 0.0495 e. The van der Waals surface area contributed by atoms with E-state index in [1.54, 1.807) is 0 Å². The predicted molar refractivity (Wildman–Crippen MR) is 154 cm³/mol. The molecular weight excluding hydrogens is 842 g/mol. The van der Waals surface area contributed by atoms with Crippen LogP contribution in [-0.2, 0) is 57.6 Å². The molecule has 0 atom stereocenters. The Balaban J connectivity index is 0.000000214. The molecule has 4 aromatic carbocycles. The molecule has 0 amide bonds. The van der Waals surface area contributed by atoms with Crippen LogP contribution in [0.15, 0.2) is 84.9 Å². The number of benzene rings is 4. The van der Waals surface area contributed by atoms with Crippen molar-refractivity contribution in [2.24, 2.45) is 0 Å². The van der Waals surface area contributed by atoms with Gasteiger partial charge in [-0.05, 0) is 74.4 Å². The summed E-state index contributed by atoms with van der Waals surface area (Å²) in [6.45, 7) is 1.03. The van der Waals surface area contributed by atoms with E-state index in [-0.39, 0.29) is 44.8 Å². The van der Waals surface area contributed by atoms with Crippen LogP contribution in [0.25, 0.3) is 22.3 Å². The van der Waals surface area contributed by atoms with Crippen molar-refractivity contribution in [3.05, 3.63) is 131 Å². The van der Waals surface area contributed by atoms with E-state index in [0.717, 1.165) is 30.6 Å². The van der Waals surface area contributed by atoms with Crippen LogP contribution in [0.5, 0.6) is 0 Å². The van der Waals surface area contributed by atoms with Crippen molar-refractivity contribution in [2.75, 3.05) is 34.9 Å². The minimum atomic E-state index is 0. The molecule has 4 heteroatoms. The Kier molecular flexibility index (Phi) is 12.8. The molecule has 39 heavy (non-hydrogen) atoms. The van der Waals surface area contributed by atoms with Gasteiger partial charge in [0.05, 0.1) is 0 Å². The van der Waals surface area contributed by atoms with Crippen LogP contribution in [-0.4, -0.2) is 44.7 Å². The average molecular weight is 875 g/mol. The minimum Gasteiger partial charge on any atom is -0.366 e. The minimum absolute atomic E-state index is 0. The summed E-state index contributed by atoms with van der Waals surface area (Å²) in [5.74, 6) is 4.87. The molecule has 6 rings (SSSR count). The van der Waals surface area contributed by atoms with Crippen molar-refractivity contribution in [3.8, 4) is 34.1 Å². The second-order valence-corrected chi connectivity index (χ2v) is 9.96. The van der Waals surface area contributed by atoms with Gasteiger partial charge in [-0.25, -0.2) is 0 Å². The van der Waals surface area contributed by atoms with Gasteiger partial charge >= 0.3 is 0 Å². The largest absolute Gasteiger partial charge is 0.366 e. The van der Waals surface area contributed by atoms with Gasteiger partial charge in [0, 0.05) is 51.4 Å². The van der Waals surface area contributed by atoms with Gasteiger partial charge in [-0.1, -0.05) is 71.8 Å². The molecule has 0 saturated heterocycles. The van der Waals surface area contributed by atoms with Crippen LogP contribution in [0.1, 0.15) is 33.4 Å². The first-order valence-corrected chi connectivity index (χ1v) is 12.5. The van der Waals surface area contributed by atoms with E-state index >= 15 is 0 Å². The van der Waals surface area contributed by atoms with E-state index in [1.165, 1.54) is 44.5 Å². The van der Waals surface area contributed by atoms with Crippen molar-refractivity contribution < 1.29 is 44.8 Å². The van der Waals surface area contributed by atoms with E-state index in [1.807, 2.05) is 12.1 Å². The van der Waals surface area contributed by atoms with Crippen molar-refractivity contribution in [1.82, 2.24) is 9.80 Å².